The number of morpholine rings is 1. The number of amides is 2. The molecule has 0 spiro atoms. The summed E-state index contributed by atoms with van der Waals surface area (Å²) in [5.41, 5.74) is 1.49. The van der Waals surface area contributed by atoms with Crippen molar-refractivity contribution in [3.63, 3.8) is 0 Å². The molecule has 2 fully saturated rings. The third kappa shape index (κ3) is 4.26. The van der Waals surface area contributed by atoms with E-state index >= 15 is 0 Å². The molecule has 2 heterocycles. The maximum Gasteiger partial charge on any atom is 0.253 e. The molecule has 1 N–H and O–H groups in total. The summed E-state index contributed by atoms with van der Waals surface area (Å²) in [5, 5.41) is 3.14. The van der Waals surface area contributed by atoms with Crippen LogP contribution in [0.3, 0.4) is 0 Å². The number of nitrogens with zero attached hydrogens (tertiary/aromatic N) is 2. The molecule has 0 bridgehead atoms. The molecule has 2 aliphatic rings. The van der Waals surface area contributed by atoms with Gasteiger partial charge in [-0.05, 0) is 37.5 Å². The molecule has 0 aromatic heterocycles. The Morgan fingerprint density at radius 2 is 1.75 bits per heavy atom. The van der Waals surface area contributed by atoms with E-state index in [1.54, 1.807) is 4.90 Å². The van der Waals surface area contributed by atoms with E-state index < -0.39 is 0 Å². The predicted molar refractivity (Wildman–Crippen MR) is 92.1 cm³/mol. The number of hydrogen-bond donors (Lipinski definition) is 1. The molecule has 0 aliphatic carbocycles. The number of rotatable bonds is 4. The van der Waals surface area contributed by atoms with E-state index in [4.69, 9.17) is 4.74 Å². The van der Waals surface area contributed by atoms with Crippen LogP contribution in [0.25, 0.3) is 0 Å². The van der Waals surface area contributed by atoms with Crippen LogP contribution in [-0.4, -0.2) is 67.6 Å². The van der Waals surface area contributed by atoms with Crippen LogP contribution < -0.4 is 5.32 Å². The highest BCUT2D eigenvalue weighted by molar-refractivity contribution is 5.95. The van der Waals surface area contributed by atoms with E-state index in [0.29, 0.717) is 31.9 Å². The number of anilines is 1. The van der Waals surface area contributed by atoms with Crippen molar-refractivity contribution in [2.24, 2.45) is 0 Å². The first-order valence-corrected chi connectivity index (χ1v) is 8.73. The lowest BCUT2D eigenvalue weighted by Gasteiger charge is -2.27. The van der Waals surface area contributed by atoms with Crippen LogP contribution >= 0.6 is 0 Å². The van der Waals surface area contributed by atoms with Crippen molar-refractivity contribution in [2.45, 2.75) is 19.3 Å². The highest BCUT2D eigenvalue weighted by Crippen LogP contribution is 2.16. The normalized spacial score (nSPS) is 18.3. The maximum atomic E-state index is 12.5. The first kappa shape index (κ1) is 16.8. The minimum absolute atomic E-state index is 0.0612. The fraction of sp³-hybridized carbons (Fsp3) is 0.556. The monoisotopic (exact) mass is 331 g/mol. The highest BCUT2D eigenvalue weighted by atomic mass is 16.5. The molecule has 1 aromatic rings. The minimum Gasteiger partial charge on any atom is -0.378 e. The van der Waals surface area contributed by atoms with Crippen LogP contribution in [-0.2, 0) is 9.53 Å². The summed E-state index contributed by atoms with van der Waals surface area (Å²) in [7, 11) is 0. The van der Waals surface area contributed by atoms with Gasteiger partial charge in [0.1, 0.15) is 0 Å². The van der Waals surface area contributed by atoms with E-state index in [1.165, 1.54) is 6.42 Å². The van der Waals surface area contributed by atoms with Gasteiger partial charge in [-0.3, -0.25) is 9.59 Å². The average molecular weight is 331 g/mol. The van der Waals surface area contributed by atoms with Crippen molar-refractivity contribution in [2.75, 3.05) is 51.3 Å². The molecule has 6 heteroatoms. The summed E-state index contributed by atoms with van der Waals surface area (Å²) in [6, 6.07) is 7.42. The Morgan fingerprint density at radius 3 is 2.50 bits per heavy atom. The smallest absolute Gasteiger partial charge is 0.253 e. The number of hydrogen-bond acceptors (Lipinski definition) is 4. The molecule has 0 saturated carbocycles. The van der Waals surface area contributed by atoms with E-state index in [9.17, 15) is 9.59 Å². The van der Waals surface area contributed by atoms with Gasteiger partial charge in [0.15, 0.2) is 0 Å². The van der Waals surface area contributed by atoms with Gasteiger partial charge in [-0.25, -0.2) is 0 Å². The average Bonchev–Trinajstić information content (AvgIpc) is 2.67. The molecular formula is C18H25N3O3. The van der Waals surface area contributed by atoms with Crippen molar-refractivity contribution < 1.29 is 14.3 Å². The molecule has 3 rings (SSSR count). The third-order valence-corrected chi connectivity index (χ3v) is 4.56. The van der Waals surface area contributed by atoms with Gasteiger partial charge < -0.3 is 19.9 Å². The standard InChI is InChI=1S/C18H25N3O3/c22-17(20-9-11-24-12-10-20)14-19-16-6-4-5-15(13-16)18(23)21-7-2-1-3-8-21/h4-6,13,19H,1-3,7-12,14H2. The number of carbonyl (C=O) groups excluding carboxylic acids is 2. The summed E-state index contributed by atoms with van der Waals surface area (Å²) in [4.78, 5) is 28.4. The number of benzene rings is 1. The van der Waals surface area contributed by atoms with Crippen molar-refractivity contribution >= 4 is 17.5 Å². The summed E-state index contributed by atoms with van der Waals surface area (Å²) < 4.78 is 5.26. The Balaban J connectivity index is 1.56. The topological polar surface area (TPSA) is 61.9 Å². The van der Waals surface area contributed by atoms with Crippen LogP contribution in [0, 0.1) is 0 Å². The molecule has 6 nitrogen and oxygen atoms in total. The SMILES string of the molecule is O=C(CNc1cccc(C(=O)N2CCCCC2)c1)N1CCOCC1. The summed E-state index contributed by atoms with van der Waals surface area (Å²) in [5.74, 6) is 0.143. The van der Waals surface area contributed by atoms with E-state index in [2.05, 4.69) is 5.32 Å². The summed E-state index contributed by atoms with van der Waals surface area (Å²) in [6.45, 7) is 4.42. The van der Waals surface area contributed by atoms with Crippen molar-refractivity contribution in [3.05, 3.63) is 29.8 Å². The summed E-state index contributed by atoms with van der Waals surface area (Å²) >= 11 is 0. The summed E-state index contributed by atoms with van der Waals surface area (Å²) in [6.07, 6.45) is 3.37. The second kappa shape index (κ2) is 8.15. The Labute approximate surface area is 142 Å². The zero-order chi connectivity index (χ0) is 16.8. The lowest BCUT2D eigenvalue weighted by atomic mass is 10.1. The van der Waals surface area contributed by atoms with Gasteiger partial charge >= 0.3 is 0 Å². The fourth-order valence-corrected chi connectivity index (χ4v) is 3.14. The molecule has 130 valence electrons. The molecule has 2 amide bonds. The van der Waals surface area contributed by atoms with Gasteiger partial charge in [-0.1, -0.05) is 6.07 Å². The van der Waals surface area contributed by atoms with Gasteiger partial charge in [0.05, 0.1) is 19.8 Å². The fourth-order valence-electron chi connectivity index (χ4n) is 3.14. The van der Waals surface area contributed by atoms with Crippen molar-refractivity contribution in [1.29, 1.82) is 0 Å². The highest BCUT2D eigenvalue weighted by Gasteiger charge is 2.19. The minimum atomic E-state index is 0.0612. The number of nitrogens with one attached hydrogen (secondary N) is 1. The van der Waals surface area contributed by atoms with Crippen LogP contribution in [0.5, 0.6) is 0 Å². The largest absolute Gasteiger partial charge is 0.378 e. The lowest BCUT2D eigenvalue weighted by Crippen LogP contribution is -2.43. The lowest BCUT2D eigenvalue weighted by molar-refractivity contribution is -0.133. The zero-order valence-electron chi connectivity index (χ0n) is 14.0. The van der Waals surface area contributed by atoms with E-state index in [-0.39, 0.29) is 18.4 Å². The number of piperidine rings is 1. The van der Waals surface area contributed by atoms with Gasteiger partial charge in [-0.2, -0.15) is 0 Å². The molecular weight excluding hydrogens is 306 g/mol. The predicted octanol–water partition coefficient (Wildman–Crippen LogP) is 1.58. The number of ether oxygens (including phenoxy) is 1. The second-order valence-electron chi connectivity index (χ2n) is 6.28. The Hall–Kier alpha value is -2.08. The molecule has 2 saturated heterocycles. The van der Waals surface area contributed by atoms with Gasteiger partial charge in [0.2, 0.25) is 5.91 Å². The first-order valence-electron chi connectivity index (χ1n) is 8.73. The number of likely N-dealkylation sites (tertiary alicyclic amines) is 1. The van der Waals surface area contributed by atoms with E-state index in [1.807, 2.05) is 29.2 Å². The van der Waals surface area contributed by atoms with Crippen LogP contribution in [0.1, 0.15) is 29.6 Å². The van der Waals surface area contributed by atoms with Crippen LogP contribution in [0.15, 0.2) is 24.3 Å². The van der Waals surface area contributed by atoms with Gasteiger partial charge in [0.25, 0.3) is 5.91 Å². The van der Waals surface area contributed by atoms with Gasteiger partial charge in [-0.15, -0.1) is 0 Å². The Morgan fingerprint density at radius 1 is 1.00 bits per heavy atom. The van der Waals surface area contributed by atoms with Crippen molar-refractivity contribution in [1.82, 2.24) is 9.80 Å². The molecule has 1 aromatic carbocycles. The molecule has 24 heavy (non-hydrogen) atoms. The molecule has 0 radical (unpaired) electrons. The quantitative estimate of drug-likeness (QED) is 0.910. The van der Waals surface area contributed by atoms with Crippen molar-refractivity contribution in [3.8, 4) is 0 Å². The molecule has 0 unspecified atom stereocenters. The zero-order valence-corrected chi connectivity index (χ0v) is 14.0. The molecule has 0 atom stereocenters. The molecule has 2 aliphatic heterocycles. The van der Waals surface area contributed by atoms with E-state index in [0.717, 1.165) is 31.6 Å². The number of carbonyl (C=O) groups is 2. The first-order chi connectivity index (χ1) is 11.7. The third-order valence-electron chi connectivity index (χ3n) is 4.56. The second-order valence-corrected chi connectivity index (χ2v) is 6.28. The van der Waals surface area contributed by atoms with Gasteiger partial charge in [0, 0.05) is 37.4 Å². The Kier molecular flexibility index (Phi) is 5.69. The maximum absolute atomic E-state index is 12.5. The van der Waals surface area contributed by atoms with Crippen LogP contribution in [0.4, 0.5) is 5.69 Å². The Bertz CT molecular complexity index is 579. The van der Waals surface area contributed by atoms with Crippen LogP contribution in [0.2, 0.25) is 0 Å².